The van der Waals surface area contributed by atoms with Crippen LogP contribution in [0.4, 0.5) is 11.4 Å². The average Bonchev–Trinajstić information content (AvgIpc) is 2.46. The van der Waals surface area contributed by atoms with Crippen LogP contribution in [0.5, 0.6) is 0 Å². The zero-order chi connectivity index (χ0) is 15.4. The zero-order valence-corrected chi connectivity index (χ0v) is 11.9. The first kappa shape index (κ1) is 15.2. The minimum Gasteiger partial charge on any atom is -0.477 e. The highest BCUT2D eigenvalue weighted by molar-refractivity contribution is 5.95. The molecule has 1 aromatic rings. The van der Waals surface area contributed by atoms with Gasteiger partial charge in [0.05, 0.1) is 4.92 Å². The lowest BCUT2D eigenvalue weighted by molar-refractivity contribution is -0.384. The lowest BCUT2D eigenvalue weighted by Crippen LogP contribution is -2.33. The molecule has 2 N–H and O–H groups in total. The highest BCUT2D eigenvalue weighted by Crippen LogP contribution is 2.29. The van der Waals surface area contributed by atoms with E-state index in [4.69, 9.17) is 5.11 Å². The van der Waals surface area contributed by atoms with Gasteiger partial charge in [-0.15, -0.1) is 0 Å². The number of nitro groups is 1. The van der Waals surface area contributed by atoms with E-state index in [1.807, 2.05) is 0 Å². The van der Waals surface area contributed by atoms with Gasteiger partial charge in [0.25, 0.3) is 0 Å². The first-order valence-electron chi connectivity index (χ1n) is 6.92. The predicted molar refractivity (Wildman–Crippen MR) is 78.8 cm³/mol. The number of nitrogens with one attached hydrogen (secondary N) is 1. The number of anilines is 1. The first-order chi connectivity index (χ1) is 9.99. The summed E-state index contributed by atoms with van der Waals surface area (Å²) in [6.45, 7) is 2.66. The summed E-state index contributed by atoms with van der Waals surface area (Å²) in [7, 11) is 2.07. The van der Waals surface area contributed by atoms with Crippen molar-refractivity contribution in [2.24, 2.45) is 5.92 Å². The Hall–Kier alpha value is -2.15. The van der Waals surface area contributed by atoms with Gasteiger partial charge in [0, 0.05) is 6.54 Å². The van der Waals surface area contributed by atoms with E-state index < -0.39 is 10.9 Å². The van der Waals surface area contributed by atoms with Gasteiger partial charge < -0.3 is 15.3 Å². The van der Waals surface area contributed by atoms with E-state index in [1.54, 1.807) is 6.07 Å². The van der Waals surface area contributed by atoms with Crippen molar-refractivity contribution in [1.82, 2.24) is 4.90 Å². The summed E-state index contributed by atoms with van der Waals surface area (Å²) in [5, 5.41) is 23.2. The fourth-order valence-corrected chi connectivity index (χ4v) is 2.58. The second-order valence-electron chi connectivity index (χ2n) is 5.39. The molecule has 7 nitrogen and oxygen atoms in total. The van der Waals surface area contributed by atoms with Gasteiger partial charge in [0.15, 0.2) is 0 Å². The van der Waals surface area contributed by atoms with Gasteiger partial charge in [-0.05, 0) is 51.0 Å². The van der Waals surface area contributed by atoms with E-state index in [0.717, 1.165) is 25.9 Å². The van der Waals surface area contributed by atoms with Gasteiger partial charge in [0.1, 0.15) is 11.3 Å². The molecule has 0 amide bonds. The van der Waals surface area contributed by atoms with Gasteiger partial charge in [-0.25, -0.2) is 4.79 Å². The lowest BCUT2D eigenvalue weighted by Gasteiger charge is -2.29. The minimum absolute atomic E-state index is 0.277. The number of hydrogen-bond donors (Lipinski definition) is 2. The molecular weight excluding hydrogens is 274 g/mol. The van der Waals surface area contributed by atoms with Crippen molar-refractivity contribution in [2.45, 2.75) is 12.8 Å². The molecule has 0 aliphatic carbocycles. The number of aromatic carboxylic acids is 1. The summed E-state index contributed by atoms with van der Waals surface area (Å²) in [5.74, 6) is -0.834. The second-order valence-corrected chi connectivity index (χ2v) is 5.39. The van der Waals surface area contributed by atoms with E-state index >= 15 is 0 Å². The van der Waals surface area contributed by atoms with Crippen molar-refractivity contribution < 1.29 is 14.8 Å². The molecule has 0 bridgehead atoms. The van der Waals surface area contributed by atoms with Crippen molar-refractivity contribution in [3.63, 3.8) is 0 Å². The third-order valence-corrected chi connectivity index (χ3v) is 3.87. The molecule has 0 unspecified atom stereocenters. The van der Waals surface area contributed by atoms with Crippen molar-refractivity contribution in [3.8, 4) is 0 Å². The number of hydrogen-bond acceptors (Lipinski definition) is 5. The Labute approximate surface area is 122 Å². The minimum atomic E-state index is -1.29. The van der Waals surface area contributed by atoms with Crippen LogP contribution in [0.1, 0.15) is 23.2 Å². The normalized spacial score (nSPS) is 16.6. The van der Waals surface area contributed by atoms with Crippen LogP contribution in [0.25, 0.3) is 0 Å². The van der Waals surface area contributed by atoms with Crippen molar-refractivity contribution in [3.05, 3.63) is 33.9 Å². The maximum absolute atomic E-state index is 11.1. The number of para-hydroxylation sites is 1. The molecule has 0 spiro atoms. The molecule has 1 aliphatic rings. The Morgan fingerprint density at radius 2 is 2.14 bits per heavy atom. The highest BCUT2D eigenvalue weighted by atomic mass is 16.6. The third kappa shape index (κ3) is 3.69. The van der Waals surface area contributed by atoms with E-state index in [2.05, 4.69) is 17.3 Å². The molecule has 1 aromatic carbocycles. The molecule has 0 atom stereocenters. The molecule has 2 rings (SSSR count). The van der Waals surface area contributed by atoms with Crippen molar-refractivity contribution in [2.75, 3.05) is 32.0 Å². The summed E-state index contributed by atoms with van der Waals surface area (Å²) in [6, 6.07) is 4.33. The topological polar surface area (TPSA) is 95.7 Å². The zero-order valence-electron chi connectivity index (χ0n) is 11.9. The van der Waals surface area contributed by atoms with Crippen LogP contribution >= 0.6 is 0 Å². The number of benzene rings is 1. The molecule has 0 saturated carbocycles. The fraction of sp³-hybridized carbons (Fsp3) is 0.500. The van der Waals surface area contributed by atoms with Gasteiger partial charge in [-0.1, -0.05) is 6.07 Å². The van der Waals surface area contributed by atoms with Crippen LogP contribution < -0.4 is 5.32 Å². The van der Waals surface area contributed by atoms with Crippen LogP contribution in [-0.2, 0) is 0 Å². The SMILES string of the molecule is CN1CCC(CNc2cccc(C(=O)O)c2[N+](=O)[O-])CC1. The van der Waals surface area contributed by atoms with Crippen LogP contribution in [0, 0.1) is 16.0 Å². The quantitative estimate of drug-likeness (QED) is 0.637. The molecule has 1 heterocycles. The maximum Gasteiger partial charge on any atom is 0.342 e. The van der Waals surface area contributed by atoms with E-state index in [9.17, 15) is 14.9 Å². The smallest absolute Gasteiger partial charge is 0.342 e. The van der Waals surface area contributed by atoms with Gasteiger partial charge in [0.2, 0.25) is 0 Å². The van der Waals surface area contributed by atoms with Crippen LogP contribution in [0.15, 0.2) is 18.2 Å². The molecule has 1 aliphatic heterocycles. The fourth-order valence-electron chi connectivity index (χ4n) is 2.58. The van der Waals surface area contributed by atoms with Gasteiger partial charge in [-0.2, -0.15) is 0 Å². The Kier molecular flexibility index (Phi) is 4.74. The summed E-state index contributed by atoms with van der Waals surface area (Å²) >= 11 is 0. The van der Waals surface area contributed by atoms with Crippen molar-refractivity contribution >= 4 is 17.3 Å². The van der Waals surface area contributed by atoms with Crippen LogP contribution in [0.2, 0.25) is 0 Å². The van der Waals surface area contributed by atoms with Crippen LogP contribution in [0.3, 0.4) is 0 Å². The standard InChI is InChI=1S/C14H19N3O4/c1-16-7-5-10(6-8-16)9-15-12-4-2-3-11(14(18)19)13(12)17(20)21/h2-4,10,15H,5-9H2,1H3,(H,18,19). The summed E-state index contributed by atoms with van der Waals surface area (Å²) in [5.41, 5.74) is -0.370. The summed E-state index contributed by atoms with van der Waals surface area (Å²) in [4.78, 5) is 23.8. The Bertz CT molecular complexity index is 539. The number of carbonyl (C=O) groups is 1. The van der Waals surface area contributed by atoms with Crippen molar-refractivity contribution in [1.29, 1.82) is 0 Å². The maximum atomic E-state index is 11.1. The van der Waals surface area contributed by atoms with E-state index in [0.29, 0.717) is 12.5 Å². The third-order valence-electron chi connectivity index (χ3n) is 3.87. The van der Waals surface area contributed by atoms with E-state index in [1.165, 1.54) is 12.1 Å². The Morgan fingerprint density at radius 1 is 1.48 bits per heavy atom. The lowest BCUT2D eigenvalue weighted by atomic mass is 9.97. The van der Waals surface area contributed by atoms with E-state index in [-0.39, 0.29) is 16.9 Å². The monoisotopic (exact) mass is 293 g/mol. The Morgan fingerprint density at radius 3 is 2.71 bits per heavy atom. The second kappa shape index (κ2) is 6.53. The molecular formula is C14H19N3O4. The predicted octanol–water partition coefficient (Wildman–Crippen LogP) is 2.05. The van der Waals surface area contributed by atoms with Gasteiger partial charge >= 0.3 is 11.7 Å². The largest absolute Gasteiger partial charge is 0.477 e. The number of rotatable bonds is 5. The average molecular weight is 293 g/mol. The number of nitro benzene ring substituents is 1. The first-order valence-corrected chi connectivity index (χ1v) is 6.92. The number of likely N-dealkylation sites (tertiary alicyclic amines) is 1. The Balaban J connectivity index is 2.11. The summed E-state index contributed by atoms with van der Waals surface area (Å²) < 4.78 is 0. The number of carboxylic acid groups (broad SMARTS) is 1. The number of nitrogens with zero attached hydrogens (tertiary/aromatic N) is 2. The molecule has 7 heteroatoms. The molecule has 0 radical (unpaired) electrons. The molecule has 0 aromatic heterocycles. The highest BCUT2D eigenvalue weighted by Gasteiger charge is 2.25. The van der Waals surface area contributed by atoms with Crippen LogP contribution in [-0.4, -0.2) is 47.6 Å². The molecule has 1 saturated heterocycles. The molecule has 21 heavy (non-hydrogen) atoms. The van der Waals surface area contributed by atoms with Gasteiger partial charge in [-0.3, -0.25) is 10.1 Å². The number of piperidine rings is 1. The molecule has 114 valence electrons. The summed E-state index contributed by atoms with van der Waals surface area (Å²) in [6.07, 6.45) is 2.08. The molecule has 1 fully saturated rings. The number of carboxylic acids is 1.